The Morgan fingerprint density at radius 3 is 2.44 bits per heavy atom. The molecule has 0 radical (unpaired) electrons. The Bertz CT molecular complexity index is 598. The van der Waals surface area contributed by atoms with Gasteiger partial charge in [-0.15, -0.1) is 0 Å². The van der Waals surface area contributed by atoms with Gasteiger partial charge in [-0.25, -0.2) is 0 Å². The van der Waals surface area contributed by atoms with Crippen LogP contribution in [0.4, 0.5) is 0 Å². The Balaban J connectivity index is 1.71. The Kier molecular flexibility index (Phi) is 5.25. The van der Waals surface area contributed by atoms with E-state index in [0.717, 1.165) is 5.56 Å². The van der Waals surface area contributed by atoms with Gasteiger partial charge in [0, 0.05) is 12.8 Å². The summed E-state index contributed by atoms with van der Waals surface area (Å²) in [5, 5.41) is 21.8. The number of hydrogen-bond acceptors (Lipinski definition) is 6. The number of aliphatic hydroxyl groups excluding tert-OH is 1. The molecule has 1 aliphatic heterocycles. The largest absolute Gasteiger partial charge is 0.493 e. The molecule has 1 heterocycles. The predicted octanol–water partition coefficient (Wildman–Crippen LogP) is 1.90. The minimum Gasteiger partial charge on any atom is -0.493 e. The molecule has 0 bridgehead atoms. The number of rotatable bonds is 5. The highest BCUT2D eigenvalue weighted by atomic mass is 16.7. The minimum absolute atomic E-state index is 0.126. The van der Waals surface area contributed by atoms with Gasteiger partial charge in [0.1, 0.15) is 0 Å². The number of ether oxygens (including phenoxy) is 4. The van der Waals surface area contributed by atoms with Crippen LogP contribution in [0.5, 0.6) is 11.5 Å². The number of aliphatic hydroxyl groups is 2. The van der Waals surface area contributed by atoms with Crippen molar-refractivity contribution in [3.05, 3.63) is 23.8 Å². The van der Waals surface area contributed by atoms with Crippen LogP contribution in [-0.2, 0) is 15.9 Å². The van der Waals surface area contributed by atoms with Gasteiger partial charge in [-0.2, -0.15) is 0 Å². The molecule has 1 unspecified atom stereocenters. The quantitative estimate of drug-likeness (QED) is 0.843. The smallest absolute Gasteiger partial charge is 0.171 e. The lowest BCUT2D eigenvalue weighted by Gasteiger charge is -2.47. The van der Waals surface area contributed by atoms with Crippen molar-refractivity contribution in [3.8, 4) is 11.5 Å². The first kappa shape index (κ1) is 18.5. The SMILES string of the molecule is COc1ccc(CC(C)[C@]2(O)CCC3(C[C@H]2O)OCCO3)cc1OC. The summed E-state index contributed by atoms with van der Waals surface area (Å²) in [5.41, 5.74) is -0.132. The van der Waals surface area contributed by atoms with E-state index in [4.69, 9.17) is 18.9 Å². The van der Waals surface area contributed by atoms with Crippen LogP contribution in [0, 0.1) is 5.92 Å². The molecule has 3 atom stereocenters. The molecule has 1 aliphatic carbocycles. The summed E-state index contributed by atoms with van der Waals surface area (Å²) in [4.78, 5) is 0. The highest BCUT2D eigenvalue weighted by molar-refractivity contribution is 5.43. The number of hydrogen-bond donors (Lipinski definition) is 2. The molecule has 6 nitrogen and oxygen atoms in total. The van der Waals surface area contributed by atoms with E-state index in [0.29, 0.717) is 50.4 Å². The molecule has 1 saturated heterocycles. The summed E-state index contributed by atoms with van der Waals surface area (Å²) in [7, 11) is 3.20. The monoisotopic (exact) mass is 352 g/mol. The van der Waals surface area contributed by atoms with Crippen molar-refractivity contribution >= 4 is 0 Å². The molecule has 0 amide bonds. The highest BCUT2D eigenvalue weighted by Gasteiger charge is 2.53. The average molecular weight is 352 g/mol. The lowest BCUT2D eigenvalue weighted by atomic mass is 9.70. The van der Waals surface area contributed by atoms with Crippen LogP contribution in [0.2, 0.25) is 0 Å². The zero-order chi connectivity index (χ0) is 18.1. The van der Waals surface area contributed by atoms with Gasteiger partial charge in [0.2, 0.25) is 0 Å². The molecule has 1 saturated carbocycles. The molecule has 1 spiro atoms. The highest BCUT2D eigenvalue weighted by Crippen LogP contribution is 2.44. The van der Waals surface area contributed by atoms with E-state index in [2.05, 4.69) is 0 Å². The van der Waals surface area contributed by atoms with E-state index < -0.39 is 17.5 Å². The van der Waals surface area contributed by atoms with Crippen LogP contribution >= 0.6 is 0 Å². The van der Waals surface area contributed by atoms with E-state index in [9.17, 15) is 10.2 Å². The van der Waals surface area contributed by atoms with Crippen LogP contribution < -0.4 is 9.47 Å². The molecular weight excluding hydrogens is 324 g/mol. The Hall–Kier alpha value is -1.34. The van der Waals surface area contributed by atoms with E-state index in [1.54, 1.807) is 14.2 Å². The molecule has 0 aromatic heterocycles. The van der Waals surface area contributed by atoms with Crippen LogP contribution in [0.25, 0.3) is 0 Å². The van der Waals surface area contributed by atoms with Crippen LogP contribution in [0.1, 0.15) is 31.7 Å². The van der Waals surface area contributed by atoms with Gasteiger partial charge >= 0.3 is 0 Å². The third-order valence-corrected chi connectivity index (χ3v) is 5.64. The lowest BCUT2D eigenvalue weighted by molar-refractivity contribution is -0.246. The second-order valence-electron chi connectivity index (χ2n) is 7.11. The van der Waals surface area contributed by atoms with Crippen molar-refractivity contribution in [2.24, 2.45) is 5.92 Å². The van der Waals surface area contributed by atoms with E-state index in [-0.39, 0.29) is 5.92 Å². The van der Waals surface area contributed by atoms with Crippen molar-refractivity contribution < 1.29 is 29.2 Å². The topological polar surface area (TPSA) is 77.4 Å². The summed E-state index contributed by atoms with van der Waals surface area (Å²) in [6, 6.07) is 5.73. The minimum atomic E-state index is -1.16. The fourth-order valence-corrected chi connectivity index (χ4v) is 4.00. The molecule has 1 aromatic carbocycles. The van der Waals surface area contributed by atoms with E-state index >= 15 is 0 Å². The predicted molar refractivity (Wildman–Crippen MR) is 91.9 cm³/mol. The maximum absolute atomic E-state index is 11.1. The van der Waals surface area contributed by atoms with Crippen molar-refractivity contribution in [1.29, 1.82) is 0 Å². The number of methoxy groups -OCH3 is 2. The average Bonchev–Trinajstić information content (AvgIpc) is 3.06. The molecule has 1 aromatic rings. The van der Waals surface area contributed by atoms with Gasteiger partial charge in [-0.3, -0.25) is 0 Å². The van der Waals surface area contributed by atoms with Crippen LogP contribution in [0.3, 0.4) is 0 Å². The Morgan fingerprint density at radius 1 is 1.16 bits per heavy atom. The van der Waals surface area contributed by atoms with Gasteiger partial charge in [0.15, 0.2) is 17.3 Å². The number of benzene rings is 1. The van der Waals surface area contributed by atoms with Crippen molar-refractivity contribution in [2.75, 3.05) is 27.4 Å². The first-order valence-corrected chi connectivity index (χ1v) is 8.82. The summed E-state index contributed by atoms with van der Waals surface area (Å²) >= 11 is 0. The lowest BCUT2D eigenvalue weighted by Crippen LogP contribution is -2.57. The zero-order valence-electron chi connectivity index (χ0n) is 15.2. The fourth-order valence-electron chi connectivity index (χ4n) is 4.00. The standard InChI is InChI=1S/C19H28O6/c1-13(10-14-4-5-15(22-2)16(11-14)23-3)19(21)7-6-18(12-17(19)20)24-8-9-25-18/h4-5,11,13,17,20-21H,6-10,12H2,1-3H3/t13?,17-,19-/m1/s1. The first-order valence-electron chi connectivity index (χ1n) is 8.82. The molecule has 140 valence electrons. The van der Waals surface area contributed by atoms with Crippen LogP contribution in [-0.4, -0.2) is 55.1 Å². The third kappa shape index (κ3) is 3.49. The molecule has 6 heteroatoms. The molecular formula is C19H28O6. The second-order valence-corrected chi connectivity index (χ2v) is 7.11. The van der Waals surface area contributed by atoms with Gasteiger partial charge in [-0.1, -0.05) is 13.0 Å². The zero-order valence-corrected chi connectivity index (χ0v) is 15.2. The van der Waals surface area contributed by atoms with Crippen LogP contribution in [0.15, 0.2) is 18.2 Å². The van der Waals surface area contributed by atoms with Gasteiger partial charge < -0.3 is 29.2 Å². The Labute approximate surface area is 148 Å². The summed E-state index contributed by atoms with van der Waals surface area (Å²) < 4.78 is 22.0. The summed E-state index contributed by atoms with van der Waals surface area (Å²) in [6.45, 7) is 3.06. The summed E-state index contributed by atoms with van der Waals surface area (Å²) in [6.07, 6.45) is 1.09. The molecule has 2 fully saturated rings. The maximum atomic E-state index is 11.1. The molecule has 2 N–H and O–H groups in total. The van der Waals surface area contributed by atoms with Gasteiger partial charge in [0.25, 0.3) is 0 Å². The molecule has 2 aliphatic rings. The molecule has 3 rings (SSSR count). The van der Waals surface area contributed by atoms with E-state index in [1.165, 1.54) is 0 Å². The van der Waals surface area contributed by atoms with Crippen molar-refractivity contribution in [2.45, 2.75) is 50.1 Å². The van der Waals surface area contributed by atoms with E-state index in [1.807, 2.05) is 25.1 Å². The first-order chi connectivity index (χ1) is 11.9. The Morgan fingerprint density at radius 2 is 1.84 bits per heavy atom. The van der Waals surface area contributed by atoms with Gasteiger partial charge in [-0.05, 0) is 36.5 Å². The van der Waals surface area contributed by atoms with Gasteiger partial charge in [0.05, 0.1) is 39.1 Å². The maximum Gasteiger partial charge on any atom is 0.171 e. The third-order valence-electron chi connectivity index (χ3n) is 5.64. The summed E-state index contributed by atoms with van der Waals surface area (Å²) in [5.74, 6) is 0.497. The van der Waals surface area contributed by atoms with Crippen molar-refractivity contribution in [1.82, 2.24) is 0 Å². The normalized spacial score (nSPS) is 29.6. The second kappa shape index (κ2) is 7.11. The molecule has 25 heavy (non-hydrogen) atoms. The fraction of sp³-hybridized carbons (Fsp3) is 0.684. The van der Waals surface area contributed by atoms with Crippen molar-refractivity contribution in [3.63, 3.8) is 0 Å².